The maximum atomic E-state index is 13.7. The van der Waals surface area contributed by atoms with E-state index in [0.717, 1.165) is 22.5 Å². The molecule has 1 aliphatic rings. The summed E-state index contributed by atoms with van der Waals surface area (Å²) in [7, 11) is -2.07. The van der Waals surface area contributed by atoms with Crippen molar-refractivity contribution in [3.8, 4) is 0 Å². The second-order valence-electron chi connectivity index (χ2n) is 8.71. The van der Waals surface area contributed by atoms with E-state index in [9.17, 15) is 18.0 Å². The Morgan fingerprint density at radius 3 is 2.49 bits per heavy atom. The summed E-state index contributed by atoms with van der Waals surface area (Å²) in [5.74, 6) is -0.471. The molecule has 0 spiro atoms. The van der Waals surface area contributed by atoms with Gasteiger partial charge in [-0.2, -0.15) is 9.40 Å². The molecule has 35 heavy (non-hydrogen) atoms. The topological polar surface area (TPSA) is 105 Å². The zero-order valence-corrected chi connectivity index (χ0v) is 21.1. The Balaban J connectivity index is 1.69. The molecule has 0 aliphatic carbocycles. The van der Waals surface area contributed by atoms with E-state index >= 15 is 0 Å². The molecule has 184 valence electrons. The minimum Gasteiger partial charge on any atom is -0.325 e. The number of nitrogens with one attached hydrogen (secondary N) is 1. The van der Waals surface area contributed by atoms with Crippen LogP contribution in [-0.4, -0.2) is 40.9 Å². The first-order valence-corrected chi connectivity index (χ1v) is 12.8. The van der Waals surface area contributed by atoms with Crippen LogP contribution in [0.2, 0.25) is 0 Å². The Hall–Kier alpha value is -3.50. The smallest absolute Gasteiger partial charge is 0.245 e. The van der Waals surface area contributed by atoms with Crippen LogP contribution >= 0.6 is 0 Å². The molecule has 0 atom stereocenters. The molecule has 1 aliphatic heterocycles. The minimum atomic E-state index is -3.91. The van der Waals surface area contributed by atoms with Gasteiger partial charge in [-0.05, 0) is 36.8 Å². The Morgan fingerprint density at radius 2 is 1.83 bits per heavy atom. The standard InChI is InChI=1S/C25H29N5O4S/c1-17-10-11-22(26-18(2)31)25(14-17)35(33,34)29-13-12-24-21(15-29)23(27-28(24)4)16-30(19(3)32)20-8-6-5-7-9-20/h5-11,14H,12-13,15-16H2,1-4H3,(H,26,31). The summed E-state index contributed by atoms with van der Waals surface area (Å²) in [6, 6.07) is 14.3. The molecule has 0 fully saturated rings. The molecule has 4 rings (SSSR count). The second kappa shape index (κ2) is 9.63. The molecule has 2 amide bonds. The van der Waals surface area contributed by atoms with Crippen LogP contribution in [0.4, 0.5) is 11.4 Å². The molecule has 2 aromatic carbocycles. The largest absolute Gasteiger partial charge is 0.325 e. The summed E-state index contributed by atoms with van der Waals surface area (Å²) < 4.78 is 30.6. The number of hydrogen-bond acceptors (Lipinski definition) is 5. The van der Waals surface area contributed by atoms with Gasteiger partial charge in [-0.15, -0.1) is 0 Å². The van der Waals surface area contributed by atoms with Gasteiger partial charge >= 0.3 is 0 Å². The lowest BCUT2D eigenvalue weighted by molar-refractivity contribution is -0.117. The summed E-state index contributed by atoms with van der Waals surface area (Å²) >= 11 is 0. The number of rotatable bonds is 6. The number of para-hydroxylation sites is 1. The van der Waals surface area contributed by atoms with Crippen LogP contribution in [0.25, 0.3) is 0 Å². The number of hydrogen-bond donors (Lipinski definition) is 1. The zero-order chi connectivity index (χ0) is 25.3. The lowest BCUT2D eigenvalue weighted by atomic mass is 10.1. The SMILES string of the molecule is CC(=O)Nc1ccc(C)cc1S(=O)(=O)N1CCc2c(c(CN(C(C)=O)c3ccccc3)nn2C)C1. The third-order valence-electron chi connectivity index (χ3n) is 6.11. The van der Waals surface area contributed by atoms with Gasteiger partial charge in [-0.3, -0.25) is 14.3 Å². The quantitative estimate of drug-likeness (QED) is 0.566. The number of amides is 2. The normalized spacial score (nSPS) is 13.8. The van der Waals surface area contributed by atoms with Crippen LogP contribution in [0.5, 0.6) is 0 Å². The van der Waals surface area contributed by atoms with E-state index in [1.165, 1.54) is 18.2 Å². The summed E-state index contributed by atoms with van der Waals surface area (Å²) in [4.78, 5) is 25.8. The molecule has 3 aromatic rings. The van der Waals surface area contributed by atoms with Crippen molar-refractivity contribution in [1.82, 2.24) is 14.1 Å². The number of nitrogens with zero attached hydrogens (tertiary/aromatic N) is 4. The number of carbonyl (C=O) groups is 2. The highest BCUT2D eigenvalue weighted by molar-refractivity contribution is 7.89. The fourth-order valence-electron chi connectivity index (χ4n) is 4.39. The molecule has 9 nitrogen and oxygen atoms in total. The van der Waals surface area contributed by atoms with Crippen LogP contribution < -0.4 is 10.2 Å². The van der Waals surface area contributed by atoms with Gasteiger partial charge in [0.05, 0.1) is 17.9 Å². The van der Waals surface area contributed by atoms with E-state index in [4.69, 9.17) is 0 Å². The van der Waals surface area contributed by atoms with Crippen LogP contribution in [0.1, 0.15) is 36.4 Å². The minimum absolute atomic E-state index is 0.0660. The molecule has 10 heteroatoms. The molecule has 0 radical (unpaired) electrons. The van der Waals surface area contributed by atoms with E-state index in [0.29, 0.717) is 12.1 Å². The van der Waals surface area contributed by atoms with Gasteiger partial charge in [0.1, 0.15) is 4.90 Å². The first kappa shape index (κ1) is 24.6. The van der Waals surface area contributed by atoms with Gasteiger partial charge in [0.15, 0.2) is 0 Å². The maximum Gasteiger partial charge on any atom is 0.245 e. The predicted octanol–water partition coefficient (Wildman–Crippen LogP) is 2.99. The number of carbonyl (C=O) groups excluding carboxylic acids is 2. The lowest BCUT2D eigenvalue weighted by Crippen LogP contribution is -2.37. The van der Waals surface area contributed by atoms with Crippen molar-refractivity contribution in [2.24, 2.45) is 7.05 Å². The third-order valence-corrected chi connectivity index (χ3v) is 8.00. The Morgan fingerprint density at radius 1 is 1.11 bits per heavy atom. The van der Waals surface area contributed by atoms with E-state index in [2.05, 4.69) is 10.4 Å². The Labute approximate surface area is 205 Å². The number of fused-ring (bicyclic) bond motifs is 1. The average Bonchev–Trinajstić information content (AvgIpc) is 3.13. The molecule has 2 heterocycles. The van der Waals surface area contributed by atoms with Gasteiger partial charge in [-0.25, -0.2) is 8.42 Å². The van der Waals surface area contributed by atoms with Crippen LogP contribution in [0.3, 0.4) is 0 Å². The molecule has 1 aromatic heterocycles. The molecular weight excluding hydrogens is 466 g/mol. The Kier molecular flexibility index (Phi) is 6.77. The fourth-order valence-corrected chi connectivity index (χ4v) is 6.03. The Bertz CT molecular complexity index is 1380. The maximum absolute atomic E-state index is 13.7. The molecule has 0 unspecified atom stereocenters. The molecular formula is C25H29N5O4S. The van der Waals surface area contributed by atoms with E-state index in [-0.39, 0.29) is 42.0 Å². The number of sulfonamides is 1. The zero-order valence-electron chi connectivity index (χ0n) is 20.3. The number of aryl methyl sites for hydroxylation is 2. The molecule has 0 bridgehead atoms. The van der Waals surface area contributed by atoms with Gasteiger partial charge in [0.25, 0.3) is 0 Å². The lowest BCUT2D eigenvalue weighted by Gasteiger charge is -2.28. The van der Waals surface area contributed by atoms with Crippen molar-refractivity contribution in [2.75, 3.05) is 16.8 Å². The average molecular weight is 496 g/mol. The highest BCUT2D eigenvalue weighted by atomic mass is 32.2. The van der Waals surface area contributed by atoms with Crippen LogP contribution in [0.15, 0.2) is 53.4 Å². The predicted molar refractivity (Wildman–Crippen MR) is 133 cm³/mol. The monoisotopic (exact) mass is 495 g/mol. The van der Waals surface area contributed by atoms with E-state index in [1.807, 2.05) is 44.3 Å². The summed E-state index contributed by atoms with van der Waals surface area (Å²) in [5.41, 5.74) is 4.20. The summed E-state index contributed by atoms with van der Waals surface area (Å²) in [6.45, 7) is 5.31. The van der Waals surface area contributed by atoms with Crippen LogP contribution in [0, 0.1) is 6.92 Å². The first-order valence-electron chi connectivity index (χ1n) is 11.3. The fraction of sp³-hybridized carbons (Fsp3) is 0.320. The molecule has 0 saturated heterocycles. The number of anilines is 2. The van der Waals surface area contributed by atoms with Crippen molar-refractivity contribution in [2.45, 2.75) is 45.2 Å². The number of benzene rings is 2. The van der Waals surface area contributed by atoms with Gasteiger partial charge in [-0.1, -0.05) is 24.3 Å². The highest BCUT2D eigenvalue weighted by Crippen LogP contribution is 2.32. The highest BCUT2D eigenvalue weighted by Gasteiger charge is 2.34. The van der Waals surface area contributed by atoms with Crippen molar-refractivity contribution < 1.29 is 18.0 Å². The van der Waals surface area contributed by atoms with Crippen LogP contribution in [-0.2, 0) is 46.2 Å². The molecule has 1 N–H and O–H groups in total. The van der Waals surface area contributed by atoms with Gasteiger partial charge in [0, 0.05) is 57.4 Å². The van der Waals surface area contributed by atoms with Crippen molar-refractivity contribution in [1.29, 1.82) is 0 Å². The van der Waals surface area contributed by atoms with Crippen molar-refractivity contribution in [3.63, 3.8) is 0 Å². The number of aromatic nitrogens is 2. The van der Waals surface area contributed by atoms with Crippen molar-refractivity contribution >= 4 is 33.2 Å². The van der Waals surface area contributed by atoms with Crippen molar-refractivity contribution in [3.05, 3.63) is 71.0 Å². The second-order valence-corrected chi connectivity index (χ2v) is 10.6. The first-order chi connectivity index (χ1) is 16.6. The van der Waals surface area contributed by atoms with Gasteiger partial charge < -0.3 is 10.2 Å². The van der Waals surface area contributed by atoms with Gasteiger partial charge in [0.2, 0.25) is 21.8 Å². The third kappa shape index (κ3) is 4.98. The van der Waals surface area contributed by atoms with E-state index in [1.54, 1.807) is 27.8 Å². The van der Waals surface area contributed by atoms with E-state index < -0.39 is 10.0 Å². The summed E-state index contributed by atoms with van der Waals surface area (Å²) in [5, 5.41) is 7.28. The molecule has 0 saturated carbocycles. The summed E-state index contributed by atoms with van der Waals surface area (Å²) in [6.07, 6.45) is 0.491.